The molecule has 0 aliphatic rings. The molecule has 5 heteroatoms. The average molecular weight is 277 g/mol. The summed E-state index contributed by atoms with van der Waals surface area (Å²) < 4.78 is 19.1. The molecule has 3 aromatic rings. The summed E-state index contributed by atoms with van der Waals surface area (Å²) in [5.41, 5.74) is 2.16. The van der Waals surface area contributed by atoms with E-state index in [-0.39, 0.29) is 10.7 Å². The normalized spacial score (nSPS) is 11.2. The Balaban J connectivity index is 2.25. The van der Waals surface area contributed by atoms with Gasteiger partial charge in [-0.2, -0.15) is 0 Å². The summed E-state index contributed by atoms with van der Waals surface area (Å²) in [6.45, 7) is 3.67. The fourth-order valence-electron chi connectivity index (χ4n) is 1.88. The highest BCUT2D eigenvalue weighted by molar-refractivity contribution is 6.31. The molecule has 2 heterocycles. The Morgan fingerprint density at radius 1 is 1.16 bits per heavy atom. The van der Waals surface area contributed by atoms with Crippen molar-refractivity contribution in [3.63, 3.8) is 0 Å². The molecular weight excluding hydrogens is 267 g/mol. The first-order valence-corrected chi connectivity index (χ1v) is 6.13. The molecule has 3 rings (SSSR count). The lowest BCUT2D eigenvalue weighted by molar-refractivity contribution is 0.567. The van der Waals surface area contributed by atoms with Gasteiger partial charge in [-0.05, 0) is 26.0 Å². The Morgan fingerprint density at radius 3 is 2.63 bits per heavy atom. The summed E-state index contributed by atoms with van der Waals surface area (Å²) in [4.78, 5) is 8.55. The van der Waals surface area contributed by atoms with Crippen LogP contribution in [-0.4, -0.2) is 9.97 Å². The van der Waals surface area contributed by atoms with Crippen molar-refractivity contribution < 1.29 is 8.81 Å². The highest BCUT2D eigenvalue weighted by Crippen LogP contribution is 2.31. The largest absolute Gasteiger partial charge is 0.451 e. The van der Waals surface area contributed by atoms with Gasteiger partial charge in [-0.15, -0.1) is 0 Å². The Bertz CT molecular complexity index is 782. The van der Waals surface area contributed by atoms with Crippen molar-refractivity contribution in [1.29, 1.82) is 0 Å². The van der Waals surface area contributed by atoms with E-state index in [1.54, 1.807) is 18.2 Å². The van der Waals surface area contributed by atoms with Crippen LogP contribution in [0.25, 0.3) is 22.4 Å². The number of para-hydroxylation sites is 1. The highest BCUT2D eigenvalue weighted by Gasteiger charge is 2.15. The zero-order valence-corrected chi connectivity index (χ0v) is 11.1. The van der Waals surface area contributed by atoms with Crippen LogP contribution in [0.2, 0.25) is 5.15 Å². The number of furan rings is 1. The van der Waals surface area contributed by atoms with Crippen LogP contribution in [0.15, 0.2) is 28.7 Å². The zero-order chi connectivity index (χ0) is 13.6. The van der Waals surface area contributed by atoms with Gasteiger partial charge in [0, 0.05) is 5.39 Å². The maximum absolute atomic E-state index is 13.6. The molecule has 0 amide bonds. The second-order valence-corrected chi connectivity index (χ2v) is 4.66. The molecule has 0 saturated heterocycles. The summed E-state index contributed by atoms with van der Waals surface area (Å²) in [6.07, 6.45) is 0. The number of hydrogen-bond donors (Lipinski definition) is 0. The predicted molar refractivity (Wildman–Crippen MR) is 71.7 cm³/mol. The van der Waals surface area contributed by atoms with Crippen molar-refractivity contribution in [1.82, 2.24) is 9.97 Å². The smallest absolute Gasteiger partial charge is 0.170 e. The Labute approximate surface area is 114 Å². The first-order chi connectivity index (χ1) is 9.06. The number of rotatable bonds is 1. The van der Waals surface area contributed by atoms with Crippen LogP contribution >= 0.6 is 11.6 Å². The first kappa shape index (κ1) is 12.1. The van der Waals surface area contributed by atoms with Crippen molar-refractivity contribution in [3.8, 4) is 11.5 Å². The third-order valence-corrected chi connectivity index (χ3v) is 3.26. The summed E-state index contributed by atoms with van der Waals surface area (Å²) in [5, 5.41) is 0.925. The maximum Gasteiger partial charge on any atom is 0.170 e. The summed E-state index contributed by atoms with van der Waals surface area (Å²) >= 11 is 6.08. The molecule has 96 valence electrons. The van der Waals surface area contributed by atoms with E-state index in [1.807, 2.05) is 13.8 Å². The van der Waals surface area contributed by atoms with Crippen LogP contribution in [0.4, 0.5) is 4.39 Å². The van der Waals surface area contributed by atoms with Gasteiger partial charge in [0.25, 0.3) is 0 Å². The number of halogens is 2. The molecule has 0 bridgehead atoms. The van der Waals surface area contributed by atoms with Gasteiger partial charge in [-0.3, -0.25) is 0 Å². The van der Waals surface area contributed by atoms with Crippen LogP contribution in [0.5, 0.6) is 0 Å². The van der Waals surface area contributed by atoms with Crippen molar-refractivity contribution in [2.45, 2.75) is 13.8 Å². The molecule has 1 aromatic carbocycles. The molecule has 2 aromatic heterocycles. The van der Waals surface area contributed by atoms with Crippen molar-refractivity contribution in [3.05, 3.63) is 46.6 Å². The molecule has 0 atom stereocenters. The van der Waals surface area contributed by atoms with Crippen molar-refractivity contribution in [2.24, 2.45) is 0 Å². The number of hydrogen-bond acceptors (Lipinski definition) is 3. The Kier molecular flexibility index (Phi) is 2.75. The van der Waals surface area contributed by atoms with E-state index in [4.69, 9.17) is 16.0 Å². The SMILES string of the molecule is Cc1nc(Cl)c(-c2cc3cccc(F)c3o2)nc1C. The second kappa shape index (κ2) is 4.31. The number of benzene rings is 1. The van der Waals surface area contributed by atoms with Gasteiger partial charge in [0.1, 0.15) is 5.69 Å². The minimum absolute atomic E-state index is 0.202. The number of fused-ring (bicyclic) bond motifs is 1. The number of aryl methyl sites for hydroxylation is 2. The molecule has 0 fully saturated rings. The summed E-state index contributed by atoms with van der Waals surface area (Å²) in [7, 11) is 0. The van der Waals surface area contributed by atoms with Crippen LogP contribution in [0.1, 0.15) is 11.4 Å². The third-order valence-electron chi connectivity index (χ3n) is 2.99. The van der Waals surface area contributed by atoms with Crippen LogP contribution in [-0.2, 0) is 0 Å². The minimum Gasteiger partial charge on any atom is -0.451 e. The quantitative estimate of drug-likeness (QED) is 0.665. The maximum atomic E-state index is 13.6. The van der Waals surface area contributed by atoms with E-state index in [0.29, 0.717) is 16.8 Å². The van der Waals surface area contributed by atoms with Crippen LogP contribution in [0.3, 0.4) is 0 Å². The van der Waals surface area contributed by atoms with E-state index < -0.39 is 5.82 Å². The van der Waals surface area contributed by atoms with E-state index >= 15 is 0 Å². The first-order valence-electron chi connectivity index (χ1n) is 5.75. The fourth-order valence-corrected chi connectivity index (χ4v) is 2.14. The van der Waals surface area contributed by atoms with Crippen LogP contribution in [0, 0.1) is 19.7 Å². The highest BCUT2D eigenvalue weighted by atomic mass is 35.5. The minimum atomic E-state index is -0.406. The third kappa shape index (κ3) is 1.98. The monoisotopic (exact) mass is 276 g/mol. The molecule has 0 radical (unpaired) electrons. The molecule has 0 unspecified atom stereocenters. The molecule has 19 heavy (non-hydrogen) atoms. The Hall–Kier alpha value is -1.94. The summed E-state index contributed by atoms with van der Waals surface area (Å²) in [5.74, 6) is 0.0114. The van der Waals surface area contributed by atoms with E-state index in [1.165, 1.54) is 6.07 Å². The van der Waals surface area contributed by atoms with Gasteiger partial charge in [-0.25, -0.2) is 14.4 Å². The lowest BCUT2D eigenvalue weighted by Crippen LogP contribution is -1.95. The molecule has 0 spiro atoms. The topological polar surface area (TPSA) is 38.9 Å². The molecule has 0 N–H and O–H groups in total. The lowest BCUT2D eigenvalue weighted by Gasteiger charge is -2.03. The zero-order valence-electron chi connectivity index (χ0n) is 10.4. The number of nitrogens with zero attached hydrogens (tertiary/aromatic N) is 2. The van der Waals surface area contributed by atoms with Gasteiger partial charge in [-0.1, -0.05) is 23.7 Å². The number of aromatic nitrogens is 2. The van der Waals surface area contributed by atoms with Gasteiger partial charge in [0.15, 0.2) is 22.3 Å². The summed E-state index contributed by atoms with van der Waals surface area (Å²) in [6, 6.07) is 6.46. The average Bonchev–Trinajstić information content (AvgIpc) is 2.79. The lowest BCUT2D eigenvalue weighted by atomic mass is 10.2. The van der Waals surface area contributed by atoms with Gasteiger partial charge in [0.2, 0.25) is 0 Å². The van der Waals surface area contributed by atoms with Gasteiger partial charge >= 0.3 is 0 Å². The standard InChI is InChI=1S/C14H10ClFN2O/c1-7-8(2)18-14(15)12(17-7)11-6-9-4-3-5-10(16)13(9)19-11/h3-6H,1-2H3. The molecule has 0 saturated carbocycles. The fraction of sp³-hybridized carbons (Fsp3) is 0.143. The molecular formula is C14H10ClFN2O. The molecule has 3 nitrogen and oxygen atoms in total. The van der Waals surface area contributed by atoms with Crippen LogP contribution < -0.4 is 0 Å². The van der Waals surface area contributed by atoms with Crippen molar-refractivity contribution in [2.75, 3.05) is 0 Å². The predicted octanol–water partition coefficient (Wildman–Crippen LogP) is 4.30. The molecule has 0 aliphatic carbocycles. The molecule has 0 aliphatic heterocycles. The van der Waals surface area contributed by atoms with E-state index in [0.717, 1.165) is 11.4 Å². The van der Waals surface area contributed by atoms with E-state index in [2.05, 4.69) is 9.97 Å². The Morgan fingerprint density at radius 2 is 1.89 bits per heavy atom. The van der Waals surface area contributed by atoms with Gasteiger partial charge < -0.3 is 4.42 Å². The second-order valence-electron chi connectivity index (χ2n) is 4.30. The van der Waals surface area contributed by atoms with Crippen molar-refractivity contribution >= 4 is 22.6 Å². The van der Waals surface area contributed by atoms with Gasteiger partial charge in [0.05, 0.1) is 11.4 Å². The van der Waals surface area contributed by atoms with E-state index in [9.17, 15) is 4.39 Å².